The summed E-state index contributed by atoms with van der Waals surface area (Å²) in [6.07, 6.45) is 0.693. The van der Waals surface area contributed by atoms with Crippen LogP contribution in [-0.2, 0) is 10.2 Å². The Morgan fingerprint density at radius 1 is 1.15 bits per heavy atom. The van der Waals surface area contributed by atoms with Gasteiger partial charge in [0.1, 0.15) is 5.75 Å². The second-order valence-electron chi connectivity index (χ2n) is 5.81. The molecule has 27 heavy (non-hydrogen) atoms. The molecule has 0 radical (unpaired) electrons. The minimum Gasteiger partial charge on any atom is -0.506 e. The fraction of sp³-hybridized carbons (Fsp3) is 0.167. The molecule has 3 rings (SSSR count). The van der Waals surface area contributed by atoms with Crippen LogP contribution in [0.5, 0.6) is 5.75 Å². The molecule has 0 bridgehead atoms. The Morgan fingerprint density at radius 3 is 2.48 bits per heavy atom. The van der Waals surface area contributed by atoms with Crippen molar-refractivity contribution in [3.05, 3.63) is 59.7 Å². The van der Waals surface area contributed by atoms with Gasteiger partial charge in [-0.2, -0.15) is 13.7 Å². The van der Waals surface area contributed by atoms with Gasteiger partial charge >= 0.3 is 10.2 Å². The number of phenols is 1. The first-order valence-electron chi connectivity index (χ1n) is 8.18. The Labute approximate surface area is 157 Å². The van der Waals surface area contributed by atoms with Crippen molar-refractivity contribution in [1.29, 1.82) is 5.26 Å². The lowest BCUT2D eigenvalue weighted by molar-refractivity contribution is 0.477. The number of aromatic hydroxyl groups is 1. The minimum absolute atomic E-state index is 0.0237. The predicted molar refractivity (Wildman–Crippen MR) is 103 cm³/mol. The fourth-order valence-electron chi connectivity index (χ4n) is 2.62. The third kappa shape index (κ3) is 4.24. The maximum absolute atomic E-state index is 11.9. The van der Waals surface area contributed by atoms with Crippen LogP contribution < -0.4 is 10.6 Å². The van der Waals surface area contributed by atoms with E-state index in [9.17, 15) is 13.5 Å². The molecule has 2 aromatic carbocycles. The highest BCUT2D eigenvalue weighted by atomic mass is 32.2. The van der Waals surface area contributed by atoms with Gasteiger partial charge in [-0.15, -0.1) is 8.80 Å². The lowest BCUT2D eigenvalue weighted by Gasteiger charge is -2.19. The van der Waals surface area contributed by atoms with Gasteiger partial charge in [0.2, 0.25) is 0 Å². The average molecular weight is 383 g/mol. The lowest BCUT2D eigenvalue weighted by atomic mass is 10.0. The van der Waals surface area contributed by atoms with Gasteiger partial charge in [0.15, 0.2) is 11.7 Å². The number of phenolic OH excluding ortho intramolecular Hbond substituents is 1. The van der Waals surface area contributed by atoms with E-state index in [0.29, 0.717) is 6.42 Å². The summed E-state index contributed by atoms with van der Waals surface area (Å²) >= 11 is 0. The SMILES string of the molecule is CC[C@@H](NC1=NS(=O)(=O)N=C1Nc1ccc(C#N)cc1O)c1ccccc1. The van der Waals surface area contributed by atoms with Crippen LogP contribution in [0.15, 0.2) is 57.3 Å². The summed E-state index contributed by atoms with van der Waals surface area (Å²) in [7, 11) is -4.01. The highest BCUT2D eigenvalue weighted by molar-refractivity contribution is 7.89. The van der Waals surface area contributed by atoms with Crippen molar-refractivity contribution < 1.29 is 13.5 Å². The molecular formula is C18H17N5O3S. The largest absolute Gasteiger partial charge is 0.506 e. The van der Waals surface area contributed by atoms with E-state index in [1.165, 1.54) is 18.2 Å². The smallest absolute Gasteiger partial charge is 0.367 e. The molecule has 0 saturated carbocycles. The molecule has 0 aliphatic carbocycles. The quantitative estimate of drug-likeness (QED) is 0.696. The van der Waals surface area contributed by atoms with Gasteiger partial charge in [-0.25, -0.2) is 0 Å². The first kappa shape index (κ1) is 18.4. The molecule has 0 fully saturated rings. The summed E-state index contributed by atoms with van der Waals surface area (Å²) in [6, 6.07) is 15.5. The van der Waals surface area contributed by atoms with E-state index >= 15 is 0 Å². The van der Waals surface area contributed by atoms with E-state index in [0.717, 1.165) is 5.56 Å². The Balaban J connectivity index is 1.87. The normalized spacial score (nSPS) is 16.0. The Kier molecular flexibility index (Phi) is 5.09. The zero-order valence-corrected chi connectivity index (χ0v) is 15.2. The fourth-order valence-corrected chi connectivity index (χ4v) is 3.39. The molecule has 0 saturated heterocycles. The summed E-state index contributed by atoms with van der Waals surface area (Å²) in [4.78, 5) is 0. The van der Waals surface area contributed by atoms with Gasteiger partial charge < -0.3 is 15.7 Å². The van der Waals surface area contributed by atoms with Gasteiger partial charge in [-0.05, 0) is 30.2 Å². The number of hydrogen-bond donors (Lipinski definition) is 3. The van der Waals surface area contributed by atoms with E-state index in [2.05, 4.69) is 19.4 Å². The molecule has 8 nitrogen and oxygen atoms in total. The van der Waals surface area contributed by atoms with Gasteiger partial charge in [-0.3, -0.25) is 0 Å². The zero-order valence-electron chi connectivity index (χ0n) is 14.4. The van der Waals surface area contributed by atoms with Gasteiger partial charge in [0, 0.05) is 0 Å². The number of nitrogens with one attached hydrogen (secondary N) is 2. The molecular weight excluding hydrogens is 366 g/mol. The van der Waals surface area contributed by atoms with E-state index in [-0.39, 0.29) is 34.7 Å². The van der Waals surface area contributed by atoms with Gasteiger partial charge in [-0.1, -0.05) is 37.3 Å². The van der Waals surface area contributed by atoms with E-state index in [1.54, 1.807) is 0 Å². The first-order chi connectivity index (χ1) is 12.9. The molecule has 0 aromatic heterocycles. The van der Waals surface area contributed by atoms with Crippen LogP contribution in [0.25, 0.3) is 0 Å². The number of amidine groups is 2. The van der Waals surface area contributed by atoms with Crippen molar-refractivity contribution in [2.24, 2.45) is 8.80 Å². The average Bonchev–Trinajstić information content (AvgIpc) is 2.95. The molecule has 0 spiro atoms. The summed E-state index contributed by atoms with van der Waals surface area (Å²) in [6.45, 7) is 1.96. The van der Waals surface area contributed by atoms with Crippen molar-refractivity contribution in [3.63, 3.8) is 0 Å². The summed E-state index contributed by atoms with van der Waals surface area (Å²) in [5, 5.41) is 24.8. The van der Waals surface area contributed by atoms with Crippen LogP contribution in [-0.4, -0.2) is 25.2 Å². The molecule has 9 heteroatoms. The second-order valence-corrected chi connectivity index (χ2v) is 7.07. The van der Waals surface area contributed by atoms with Crippen molar-refractivity contribution >= 4 is 27.6 Å². The number of benzene rings is 2. The van der Waals surface area contributed by atoms with Crippen molar-refractivity contribution in [2.75, 3.05) is 5.32 Å². The first-order valence-corrected chi connectivity index (χ1v) is 9.58. The van der Waals surface area contributed by atoms with Crippen LogP contribution in [0.1, 0.15) is 30.5 Å². The Morgan fingerprint density at radius 2 is 1.85 bits per heavy atom. The third-order valence-electron chi connectivity index (χ3n) is 3.94. The topological polar surface area (TPSA) is 127 Å². The zero-order chi connectivity index (χ0) is 19.4. The maximum Gasteiger partial charge on any atom is 0.367 e. The molecule has 0 unspecified atom stereocenters. The highest BCUT2D eigenvalue weighted by Gasteiger charge is 2.27. The standard InChI is InChI=1S/C18H17N5O3S/c1-2-14(13-6-4-3-5-7-13)20-17-18(23-27(25,26)22-17)21-15-9-8-12(11-19)10-16(15)24/h3-10,14,24H,2H2,1H3,(H,20,22)(H,21,23)/t14-/m1/s1. The summed E-state index contributed by atoms with van der Waals surface area (Å²) in [5.41, 5.74) is 1.47. The second kappa shape index (κ2) is 7.47. The van der Waals surface area contributed by atoms with E-state index in [4.69, 9.17) is 5.26 Å². The molecule has 1 atom stereocenters. The molecule has 1 heterocycles. The van der Waals surface area contributed by atoms with Crippen LogP contribution in [0, 0.1) is 11.3 Å². The number of hydrogen-bond acceptors (Lipinski definition) is 6. The summed E-state index contributed by atoms with van der Waals surface area (Å²) < 4.78 is 31.0. The van der Waals surface area contributed by atoms with Crippen molar-refractivity contribution in [3.8, 4) is 11.8 Å². The predicted octanol–water partition coefficient (Wildman–Crippen LogP) is 2.47. The molecule has 1 aliphatic rings. The third-order valence-corrected chi connectivity index (χ3v) is 4.77. The lowest BCUT2D eigenvalue weighted by Crippen LogP contribution is -2.36. The number of anilines is 1. The van der Waals surface area contributed by atoms with Crippen LogP contribution in [0.2, 0.25) is 0 Å². The van der Waals surface area contributed by atoms with Gasteiger partial charge in [0.25, 0.3) is 0 Å². The Bertz CT molecular complexity index is 1060. The Hall–Kier alpha value is -3.38. The van der Waals surface area contributed by atoms with Crippen LogP contribution in [0.3, 0.4) is 0 Å². The van der Waals surface area contributed by atoms with Crippen molar-refractivity contribution in [2.45, 2.75) is 19.4 Å². The minimum atomic E-state index is -4.01. The maximum atomic E-state index is 11.9. The molecule has 3 N–H and O–H groups in total. The highest BCUT2D eigenvalue weighted by Crippen LogP contribution is 2.25. The molecule has 1 aliphatic heterocycles. The molecule has 0 amide bonds. The van der Waals surface area contributed by atoms with Gasteiger partial charge in [0.05, 0.1) is 23.4 Å². The van der Waals surface area contributed by atoms with Crippen LogP contribution in [0.4, 0.5) is 5.69 Å². The van der Waals surface area contributed by atoms with Crippen molar-refractivity contribution in [1.82, 2.24) is 5.32 Å². The number of rotatable bonds is 4. The summed E-state index contributed by atoms with van der Waals surface area (Å²) in [5.74, 6) is -0.158. The monoisotopic (exact) mass is 383 g/mol. The molecule has 138 valence electrons. The number of nitrogens with zero attached hydrogens (tertiary/aromatic N) is 3. The van der Waals surface area contributed by atoms with Crippen LogP contribution >= 0.6 is 0 Å². The number of nitriles is 1. The van der Waals surface area contributed by atoms with E-state index in [1.807, 2.05) is 43.3 Å². The molecule has 2 aromatic rings. The van der Waals surface area contributed by atoms with E-state index < -0.39 is 10.2 Å².